The maximum absolute atomic E-state index is 9.08. The predicted molar refractivity (Wildman–Crippen MR) is 83.4 cm³/mol. The van der Waals surface area contributed by atoms with Crippen molar-refractivity contribution in [3.05, 3.63) is 45.5 Å². The minimum Gasteiger partial charge on any atom is -0.467 e. The highest BCUT2D eigenvalue weighted by atomic mass is 35.5. The second-order valence-electron chi connectivity index (χ2n) is 4.79. The standard InChI is InChI=1S/C15H20ClNO2S/c1-2-11(7-8-18)10-17-15(12-4-3-9-19-12)13-5-6-14(16)20-13/h3-6,9,11,15,17-18H,2,7-8,10H2,1H3. The molecule has 0 aromatic carbocycles. The first-order valence-electron chi connectivity index (χ1n) is 6.87. The van der Waals surface area contributed by atoms with Crippen LogP contribution in [0, 0.1) is 5.92 Å². The Hall–Kier alpha value is -0.810. The Kier molecular flexibility index (Phi) is 6.10. The van der Waals surface area contributed by atoms with Crippen molar-refractivity contribution in [1.29, 1.82) is 0 Å². The predicted octanol–water partition coefficient (Wildman–Crippen LogP) is 4.08. The summed E-state index contributed by atoms with van der Waals surface area (Å²) in [4.78, 5) is 1.14. The molecule has 0 amide bonds. The average molecular weight is 314 g/mol. The van der Waals surface area contributed by atoms with E-state index >= 15 is 0 Å². The normalized spacial score (nSPS) is 14.3. The van der Waals surface area contributed by atoms with Gasteiger partial charge in [-0.25, -0.2) is 0 Å². The highest BCUT2D eigenvalue weighted by Crippen LogP contribution is 2.31. The zero-order valence-corrected chi connectivity index (χ0v) is 13.1. The van der Waals surface area contributed by atoms with E-state index < -0.39 is 0 Å². The minimum absolute atomic E-state index is 0.0234. The van der Waals surface area contributed by atoms with Crippen LogP contribution < -0.4 is 5.32 Å². The Labute approximate surface area is 128 Å². The molecule has 20 heavy (non-hydrogen) atoms. The molecule has 0 saturated carbocycles. The molecule has 0 saturated heterocycles. The van der Waals surface area contributed by atoms with Crippen LogP contribution in [-0.2, 0) is 0 Å². The smallest absolute Gasteiger partial charge is 0.126 e. The van der Waals surface area contributed by atoms with Crippen molar-refractivity contribution in [3.8, 4) is 0 Å². The molecule has 5 heteroatoms. The fourth-order valence-corrected chi connectivity index (χ4v) is 3.34. The van der Waals surface area contributed by atoms with Crippen LogP contribution in [0.2, 0.25) is 4.34 Å². The molecule has 2 unspecified atom stereocenters. The monoisotopic (exact) mass is 313 g/mol. The lowest BCUT2D eigenvalue weighted by Crippen LogP contribution is -2.27. The second kappa shape index (κ2) is 7.84. The highest BCUT2D eigenvalue weighted by molar-refractivity contribution is 7.16. The van der Waals surface area contributed by atoms with Gasteiger partial charge in [0.25, 0.3) is 0 Å². The van der Waals surface area contributed by atoms with E-state index in [1.807, 2.05) is 24.3 Å². The molecule has 2 N–H and O–H groups in total. The van der Waals surface area contributed by atoms with Gasteiger partial charge in [-0.1, -0.05) is 24.9 Å². The van der Waals surface area contributed by atoms with Crippen LogP contribution in [0.3, 0.4) is 0 Å². The molecule has 110 valence electrons. The number of hydrogen-bond acceptors (Lipinski definition) is 4. The quantitative estimate of drug-likeness (QED) is 0.772. The molecule has 2 aromatic rings. The number of aliphatic hydroxyl groups excluding tert-OH is 1. The second-order valence-corrected chi connectivity index (χ2v) is 6.53. The molecule has 3 nitrogen and oxygen atoms in total. The van der Waals surface area contributed by atoms with Crippen LogP contribution in [-0.4, -0.2) is 18.3 Å². The number of nitrogens with one attached hydrogen (secondary N) is 1. The van der Waals surface area contributed by atoms with Crippen LogP contribution in [0.5, 0.6) is 0 Å². The first-order valence-corrected chi connectivity index (χ1v) is 8.07. The molecule has 0 aliphatic rings. The number of rotatable bonds is 8. The third-order valence-electron chi connectivity index (χ3n) is 3.43. The summed E-state index contributed by atoms with van der Waals surface area (Å²) in [5.74, 6) is 1.36. The van der Waals surface area contributed by atoms with Gasteiger partial charge in [-0.2, -0.15) is 0 Å². The Morgan fingerprint density at radius 2 is 2.25 bits per heavy atom. The molecule has 0 spiro atoms. The molecule has 0 aliphatic heterocycles. The fourth-order valence-electron chi connectivity index (χ4n) is 2.20. The van der Waals surface area contributed by atoms with Gasteiger partial charge in [-0.05, 0) is 43.1 Å². The van der Waals surface area contributed by atoms with Crippen LogP contribution in [0.25, 0.3) is 0 Å². The summed E-state index contributed by atoms with van der Waals surface area (Å²) >= 11 is 7.59. The van der Waals surface area contributed by atoms with E-state index in [1.165, 1.54) is 0 Å². The maximum Gasteiger partial charge on any atom is 0.126 e. The van der Waals surface area contributed by atoms with Crippen LogP contribution >= 0.6 is 22.9 Å². The third kappa shape index (κ3) is 4.09. The SMILES string of the molecule is CCC(CCO)CNC(c1ccco1)c1ccc(Cl)s1. The van der Waals surface area contributed by atoms with Crippen molar-refractivity contribution < 1.29 is 9.52 Å². The number of furan rings is 1. The zero-order chi connectivity index (χ0) is 14.4. The Bertz CT molecular complexity index is 498. The lowest BCUT2D eigenvalue weighted by molar-refractivity contribution is 0.248. The first-order chi connectivity index (χ1) is 9.74. The molecule has 0 radical (unpaired) electrons. The molecule has 0 fully saturated rings. The highest BCUT2D eigenvalue weighted by Gasteiger charge is 2.19. The van der Waals surface area contributed by atoms with Crippen molar-refractivity contribution in [3.63, 3.8) is 0 Å². The van der Waals surface area contributed by atoms with Gasteiger partial charge in [0, 0.05) is 11.5 Å². The van der Waals surface area contributed by atoms with Gasteiger partial charge < -0.3 is 14.8 Å². The van der Waals surface area contributed by atoms with Crippen LogP contribution in [0.15, 0.2) is 34.9 Å². The van der Waals surface area contributed by atoms with E-state index in [4.69, 9.17) is 21.1 Å². The van der Waals surface area contributed by atoms with Gasteiger partial charge in [0.05, 0.1) is 10.6 Å². The number of halogens is 1. The van der Waals surface area contributed by atoms with Gasteiger partial charge >= 0.3 is 0 Å². The summed E-state index contributed by atoms with van der Waals surface area (Å²) < 4.78 is 6.32. The Morgan fingerprint density at radius 1 is 1.40 bits per heavy atom. The zero-order valence-electron chi connectivity index (χ0n) is 11.5. The Balaban J connectivity index is 2.08. The van der Waals surface area contributed by atoms with E-state index in [-0.39, 0.29) is 12.6 Å². The summed E-state index contributed by atoms with van der Waals surface area (Å²) in [5, 5.41) is 12.6. The van der Waals surface area contributed by atoms with E-state index in [2.05, 4.69) is 12.2 Å². The molecular weight excluding hydrogens is 294 g/mol. The van der Waals surface area contributed by atoms with E-state index in [0.29, 0.717) is 5.92 Å². The van der Waals surface area contributed by atoms with Crippen molar-refractivity contribution in [2.75, 3.05) is 13.2 Å². The number of hydrogen-bond donors (Lipinski definition) is 2. The third-order valence-corrected chi connectivity index (χ3v) is 4.73. The summed E-state index contributed by atoms with van der Waals surface area (Å²) in [7, 11) is 0. The molecule has 2 atom stereocenters. The Morgan fingerprint density at radius 3 is 2.80 bits per heavy atom. The maximum atomic E-state index is 9.08. The summed E-state index contributed by atoms with van der Waals surface area (Å²) in [6.07, 6.45) is 3.55. The minimum atomic E-state index is 0.0234. The van der Waals surface area contributed by atoms with Crippen LogP contribution in [0.1, 0.15) is 36.4 Å². The topological polar surface area (TPSA) is 45.4 Å². The van der Waals surface area contributed by atoms with E-state index in [0.717, 1.165) is 34.4 Å². The van der Waals surface area contributed by atoms with Crippen molar-refractivity contribution >= 4 is 22.9 Å². The van der Waals surface area contributed by atoms with Gasteiger partial charge in [-0.3, -0.25) is 0 Å². The van der Waals surface area contributed by atoms with Gasteiger partial charge in [0.1, 0.15) is 11.8 Å². The molecule has 2 aromatic heterocycles. The average Bonchev–Trinajstić information content (AvgIpc) is 3.10. The number of thiophene rings is 1. The van der Waals surface area contributed by atoms with Crippen molar-refractivity contribution in [1.82, 2.24) is 5.32 Å². The number of aliphatic hydroxyl groups is 1. The summed E-state index contributed by atoms with van der Waals surface area (Å²) in [5.41, 5.74) is 0. The molecule has 2 heterocycles. The van der Waals surface area contributed by atoms with Crippen molar-refractivity contribution in [2.45, 2.75) is 25.8 Å². The summed E-state index contributed by atoms with van der Waals surface area (Å²) in [6, 6.07) is 7.82. The first kappa shape index (κ1) is 15.6. The van der Waals surface area contributed by atoms with Crippen molar-refractivity contribution in [2.24, 2.45) is 5.92 Å². The largest absolute Gasteiger partial charge is 0.467 e. The molecular formula is C15H20ClNO2S. The molecule has 0 bridgehead atoms. The van der Waals surface area contributed by atoms with E-state index in [1.54, 1.807) is 17.6 Å². The molecule has 2 rings (SSSR count). The lowest BCUT2D eigenvalue weighted by atomic mass is 10.0. The van der Waals surface area contributed by atoms with Gasteiger partial charge in [-0.15, -0.1) is 11.3 Å². The van der Waals surface area contributed by atoms with Gasteiger partial charge in [0.15, 0.2) is 0 Å². The van der Waals surface area contributed by atoms with Crippen LogP contribution in [0.4, 0.5) is 0 Å². The summed E-state index contributed by atoms with van der Waals surface area (Å²) in [6.45, 7) is 3.22. The lowest BCUT2D eigenvalue weighted by Gasteiger charge is -2.20. The fraction of sp³-hybridized carbons (Fsp3) is 0.467. The van der Waals surface area contributed by atoms with E-state index in [9.17, 15) is 0 Å². The molecule has 0 aliphatic carbocycles. The van der Waals surface area contributed by atoms with Gasteiger partial charge in [0.2, 0.25) is 0 Å².